The number of amides is 1. The number of rotatable bonds is 4. The predicted molar refractivity (Wildman–Crippen MR) is 124 cm³/mol. The molecule has 0 aliphatic heterocycles. The molecule has 168 valence electrons. The lowest BCUT2D eigenvalue weighted by Crippen LogP contribution is -2.18. The highest BCUT2D eigenvalue weighted by Crippen LogP contribution is 2.30. The van der Waals surface area contributed by atoms with E-state index < -0.39 is 0 Å². The van der Waals surface area contributed by atoms with Crippen LogP contribution >= 0.6 is 0 Å². The van der Waals surface area contributed by atoms with Crippen molar-refractivity contribution in [1.82, 2.24) is 24.5 Å². The minimum atomic E-state index is -0.371. The number of anilines is 1. The Bertz CT molecular complexity index is 1330. The van der Waals surface area contributed by atoms with E-state index in [0.29, 0.717) is 23.0 Å². The van der Waals surface area contributed by atoms with Crippen molar-refractivity contribution in [2.75, 3.05) is 5.32 Å². The Labute approximate surface area is 191 Å². The van der Waals surface area contributed by atoms with Gasteiger partial charge in [0.25, 0.3) is 5.91 Å². The van der Waals surface area contributed by atoms with Crippen LogP contribution in [0.5, 0.6) is 0 Å². The van der Waals surface area contributed by atoms with Crippen LogP contribution in [-0.4, -0.2) is 30.5 Å². The van der Waals surface area contributed by atoms with Crippen molar-refractivity contribution >= 4 is 11.7 Å². The van der Waals surface area contributed by atoms with Crippen molar-refractivity contribution in [1.29, 1.82) is 0 Å². The summed E-state index contributed by atoms with van der Waals surface area (Å²) in [4.78, 5) is 17.8. The number of benzene rings is 1. The third-order valence-electron chi connectivity index (χ3n) is 5.81. The Hall–Kier alpha value is -3.81. The highest BCUT2D eigenvalue weighted by molar-refractivity contribution is 6.04. The number of nitrogens with zero attached hydrogens (tertiary/aromatic N) is 5. The molecule has 0 radical (unpaired) electrons. The van der Waals surface area contributed by atoms with E-state index in [1.807, 2.05) is 24.3 Å². The van der Waals surface area contributed by atoms with E-state index in [-0.39, 0.29) is 17.1 Å². The smallest absolute Gasteiger partial charge is 0.277 e. The fourth-order valence-electron chi connectivity index (χ4n) is 4.11. The second-order valence-electron chi connectivity index (χ2n) is 9.21. The van der Waals surface area contributed by atoms with Crippen LogP contribution in [0, 0.1) is 5.82 Å². The summed E-state index contributed by atoms with van der Waals surface area (Å²) in [5, 5.41) is 12.2. The number of fused-ring (bicyclic) bond motifs is 1. The molecular formula is C25H25FN6O. The van der Waals surface area contributed by atoms with Crippen molar-refractivity contribution in [2.24, 2.45) is 0 Å². The molecule has 1 aromatic carbocycles. The number of pyridine rings is 1. The van der Waals surface area contributed by atoms with Crippen molar-refractivity contribution in [3.8, 4) is 11.5 Å². The van der Waals surface area contributed by atoms with Gasteiger partial charge in [-0.15, -0.1) is 0 Å². The molecule has 0 saturated carbocycles. The van der Waals surface area contributed by atoms with E-state index >= 15 is 0 Å². The molecule has 5 rings (SSSR count). The average Bonchev–Trinajstić information content (AvgIpc) is 3.50. The Morgan fingerprint density at radius 3 is 2.55 bits per heavy atom. The number of halogens is 1. The topological polar surface area (TPSA) is 77.6 Å². The summed E-state index contributed by atoms with van der Waals surface area (Å²) < 4.78 is 17.7. The van der Waals surface area contributed by atoms with Gasteiger partial charge < -0.3 is 5.32 Å². The molecular weight excluding hydrogens is 419 g/mol. The first-order chi connectivity index (χ1) is 15.8. The van der Waals surface area contributed by atoms with Crippen LogP contribution in [0.2, 0.25) is 0 Å². The molecule has 3 heterocycles. The zero-order valence-electron chi connectivity index (χ0n) is 18.8. The first-order valence-corrected chi connectivity index (χ1v) is 11.0. The largest absolute Gasteiger partial charge is 0.305 e. The van der Waals surface area contributed by atoms with Crippen LogP contribution in [0.25, 0.3) is 11.5 Å². The van der Waals surface area contributed by atoms with Gasteiger partial charge in [-0.25, -0.2) is 14.1 Å². The summed E-state index contributed by atoms with van der Waals surface area (Å²) in [6.07, 6.45) is 4.08. The molecule has 0 bridgehead atoms. The van der Waals surface area contributed by atoms with E-state index in [4.69, 9.17) is 5.10 Å². The average molecular weight is 445 g/mol. The number of para-hydroxylation sites is 1. The lowest BCUT2D eigenvalue weighted by Gasteiger charge is -2.13. The van der Waals surface area contributed by atoms with Gasteiger partial charge in [-0.2, -0.15) is 14.9 Å². The summed E-state index contributed by atoms with van der Waals surface area (Å²) in [5.41, 5.74) is 3.04. The van der Waals surface area contributed by atoms with Crippen molar-refractivity contribution in [3.05, 3.63) is 83.2 Å². The van der Waals surface area contributed by atoms with E-state index in [1.165, 1.54) is 6.07 Å². The number of nitrogens with one attached hydrogen (secondary N) is 1. The Morgan fingerprint density at radius 1 is 1.03 bits per heavy atom. The number of carbonyl (C=O) groups excluding carboxylic acids is 1. The highest BCUT2D eigenvalue weighted by atomic mass is 19.1. The van der Waals surface area contributed by atoms with E-state index in [0.717, 1.165) is 36.2 Å². The molecule has 8 heteroatoms. The number of aromatic nitrogens is 5. The van der Waals surface area contributed by atoms with Crippen LogP contribution in [0.4, 0.5) is 10.2 Å². The van der Waals surface area contributed by atoms with Gasteiger partial charge in [-0.05, 0) is 43.5 Å². The zero-order chi connectivity index (χ0) is 23.2. The van der Waals surface area contributed by atoms with Crippen molar-refractivity contribution < 1.29 is 9.18 Å². The van der Waals surface area contributed by atoms with Crippen LogP contribution in [0.1, 0.15) is 54.6 Å². The molecule has 1 amide bonds. The molecule has 1 aliphatic carbocycles. The van der Waals surface area contributed by atoms with E-state index in [2.05, 4.69) is 36.2 Å². The van der Waals surface area contributed by atoms with Gasteiger partial charge in [-0.1, -0.05) is 39.0 Å². The molecule has 4 aromatic rings. The van der Waals surface area contributed by atoms with Gasteiger partial charge in [0.2, 0.25) is 0 Å². The van der Waals surface area contributed by atoms with E-state index in [1.54, 1.807) is 33.8 Å². The third-order valence-corrected chi connectivity index (χ3v) is 5.81. The summed E-state index contributed by atoms with van der Waals surface area (Å²) in [6, 6.07) is 13.9. The number of hydrogen-bond acceptors (Lipinski definition) is 4. The Kier molecular flexibility index (Phi) is 5.08. The van der Waals surface area contributed by atoms with Gasteiger partial charge in [0.1, 0.15) is 17.3 Å². The fourth-order valence-corrected chi connectivity index (χ4v) is 4.11. The quantitative estimate of drug-likeness (QED) is 0.498. The molecule has 1 aliphatic rings. The van der Waals surface area contributed by atoms with Gasteiger partial charge in [0.05, 0.1) is 5.69 Å². The fraction of sp³-hybridized carbons (Fsp3) is 0.280. The summed E-state index contributed by atoms with van der Waals surface area (Å²) in [5.74, 6) is 0.395. The summed E-state index contributed by atoms with van der Waals surface area (Å²) in [6.45, 7) is 6.19. The normalized spacial score (nSPS) is 13.2. The molecule has 0 unspecified atom stereocenters. The van der Waals surface area contributed by atoms with Gasteiger partial charge in [0, 0.05) is 28.9 Å². The minimum absolute atomic E-state index is 0.215. The molecule has 0 saturated heterocycles. The minimum Gasteiger partial charge on any atom is -0.305 e. The van der Waals surface area contributed by atoms with Crippen LogP contribution < -0.4 is 5.32 Å². The summed E-state index contributed by atoms with van der Waals surface area (Å²) >= 11 is 0. The highest BCUT2D eigenvalue weighted by Gasteiger charge is 2.29. The molecule has 0 spiro atoms. The van der Waals surface area contributed by atoms with Crippen LogP contribution in [0.15, 0.2) is 54.7 Å². The second-order valence-corrected chi connectivity index (χ2v) is 9.21. The Morgan fingerprint density at radius 2 is 1.82 bits per heavy atom. The maximum Gasteiger partial charge on any atom is 0.277 e. The number of hydrogen-bond donors (Lipinski definition) is 1. The van der Waals surface area contributed by atoms with Crippen LogP contribution in [-0.2, 0) is 18.3 Å². The van der Waals surface area contributed by atoms with Gasteiger partial charge >= 0.3 is 0 Å². The second kappa shape index (κ2) is 7.95. The molecule has 33 heavy (non-hydrogen) atoms. The lowest BCUT2D eigenvalue weighted by molar-refractivity contribution is 0.102. The number of carbonyl (C=O) groups is 1. The zero-order valence-corrected chi connectivity index (χ0v) is 18.8. The molecule has 7 nitrogen and oxygen atoms in total. The maximum absolute atomic E-state index is 14.5. The standard InChI is InChI=1S/C25H25FN6O/c1-25(2,3)20-15-22(32(29-20)21-13-6-7-14-27-21)28-24(33)23-16-9-8-12-18(16)31(30-23)19-11-5-4-10-17(19)26/h4-7,10-11,13-15H,8-9,12H2,1-3H3,(H,28,33). The first kappa shape index (κ1) is 21.1. The molecule has 0 fully saturated rings. The monoisotopic (exact) mass is 444 g/mol. The van der Waals surface area contributed by atoms with Gasteiger partial charge in [-0.3, -0.25) is 4.79 Å². The Balaban J connectivity index is 1.55. The molecule has 0 atom stereocenters. The summed E-state index contributed by atoms with van der Waals surface area (Å²) in [7, 11) is 0. The van der Waals surface area contributed by atoms with Crippen molar-refractivity contribution in [2.45, 2.75) is 45.4 Å². The maximum atomic E-state index is 14.5. The van der Waals surface area contributed by atoms with Gasteiger partial charge in [0.15, 0.2) is 11.5 Å². The SMILES string of the molecule is CC(C)(C)c1cc(NC(=O)c2nn(-c3ccccc3F)c3c2CCC3)n(-c2ccccn2)n1. The third kappa shape index (κ3) is 3.82. The van der Waals surface area contributed by atoms with Crippen LogP contribution in [0.3, 0.4) is 0 Å². The van der Waals surface area contributed by atoms with E-state index in [9.17, 15) is 9.18 Å². The molecule has 1 N–H and O–H groups in total. The van der Waals surface area contributed by atoms with Crippen molar-refractivity contribution in [3.63, 3.8) is 0 Å². The first-order valence-electron chi connectivity index (χ1n) is 11.0. The predicted octanol–water partition coefficient (Wildman–Crippen LogP) is 4.63. The lowest BCUT2D eigenvalue weighted by atomic mass is 9.92. The molecule has 3 aromatic heterocycles.